The van der Waals surface area contributed by atoms with Crippen LogP contribution in [0.5, 0.6) is 0 Å². The number of benzene rings is 1. The van der Waals surface area contributed by atoms with Gasteiger partial charge in [0.15, 0.2) is 5.82 Å². The van der Waals surface area contributed by atoms with E-state index < -0.39 is 0 Å². The molecule has 26 heavy (non-hydrogen) atoms. The summed E-state index contributed by atoms with van der Waals surface area (Å²) in [6.45, 7) is 4.18. The second-order valence-corrected chi connectivity index (χ2v) is 6.66. The minimum atomic E-state index is -0.369. The highest BCUT2D eigenvalue weighted by Gasteiger charge is 2.33. The number of piperidine rings is 1. The van der Waals surface area contributed by atoms with Gasteiger partial charge < -0.3 is 9.42 Å². The summed E-state index contributed by atoms with van der Waals surface area (Å²) in [5.41, 5.74) is 1.68. The number of aryl methyl sites for hydroxylation is 2. The van der Waals surface area contributed by atoms with Gasteiger partial charge in [-0.05, 0) is 51.3 Å². The summed E-state index contributed by atoms with van der Waals surface area (Å²) in [7, 11) is 0. The number of halogens is 1. The zero-order valence-electron chi connectivity index (χ0n) is 14.7. The Morgan fingerprint density at radius 3 is 2.85 bits per heavy atom. The Morgan fingerprint density at radius 1 is 1.23 bits per heavy atom. The zero-order chi connectivity index (χ0) is 18.3. The summed E-state index contributed by atoms with van der Waals surface area (Å²) in [6.07, 6.45) is 2.70. The summed E-state index contributed by atoms with van der Waals surface area (Å²) < 4.78 is 18.9. The van der Waals surface area contributed by atoms with Gasteiger partial charge in [-0.2, -0.15) is 4.98 Å². The van der Waals surface area contributed by atoms with Gasteiger partial charge in [-0.25, -0.2) is 4.39 Å². The predicted octanol–water partition coefficient (Wildman–Crippen LogP) is 3.74. The van der Waals surface area contributed by atoms with E-state index in [0.29, 0.717) is 40.4 Å². The molecular formula is C19H19FN4O2. The van der Waals surface area contributed by atoms with Crippen LogP contribution in [0, 0.1) is 19.7 Å². The predicted molar refractivity (Wildman–Crippen MR) is 93.1 cm³/mol. The molecule has 1 aromatic carbocycles. The molecular weight excluding hydrogens is 335 g/mol. The van der Waals surface area contributed by atoms with E-state index in [2.05, 4.69) is 15.1 Å². The molecule has 4 rings (SSSR count). The summed E-state index contributed by atoms with van der Waals surface area (Å²) >= 11 is 0. The van der Waals surface area contributed by atoms with Gasteiger partial charge in [-0.1, -0.05) is 5.16 Å². The molecule has 1 saturated heterocycles. The van der Waals surface area contributed by atoms with Crippen molar-refractivity contribution in [3.05, 3.63) is 53.1 Å². The molecule has 3 heterocycles. The van der Waals surface area contributed by atoms with Crippen LogP contribution in [0.4, 0.5) is 4.39 Å². The number of carbonyl (C=O) groups excluding carboxylic acids is 1. The molecule has 134 valence electrons. The maximum Gasteiger partial charge on any atom is 0.255 e. The molecule has 7 heteroatoms. The van der Waals surface area contributed by atoms with Crippen LogP contribution < -0.4 is 0 Å². The molecule has 1 aliphatic heterocycles. The first-order valence-electron chi connectivity index (χ1n) is 8.71. The van der Waals surface area contributed by atoms with Crippen LogP contribution in [0.25, 0.3) is 10.9 Å². The maximum absolute atomic E-state index is 13.6. The van der Waals surface area contributed by atoms with Crippen molar-refractivity contribution in [1.82, 2.24) is 20.0 Å². The number of amides is 1. The van der Waals surface area contributed by atoms with E-state index in [1.165, 1.54) is 12.1 Å². The molecule has 1 atom stereocenters. The third kappa shape index (κ3) is 2.94. The molecule has 6 nitrogen and oxygen atoms in total. The van der Waals surface area contributed by atoms with Gasteiger partial charge in [0.2, 0.25) is 5.89 Å². The number of fused-ring (bicyclic) bond motifs is 1. The fourth-order valence-electron chi connectivity index (χ4n) is 3.55. The van der Waals surface area contributed by atoms with E-state index in [0.717, 1.165) is 19.3 Å². The van der Waals surface area contributed by atoms with Gasteiger partial charge in [-0.3, -0.25) is 9.78 Å². The Hall–Kier alpha value is -2.83. The smallest absolute Gasteiger partial charge is 0.255 e. The Kier molecular flexibility index (Phi) is 4.14. The first-order chi connectivity index (χ1) is 12.5. The summed E-state index contributed by atoms with van der Waals surface area (Å²) in [4.78, 5) is 23.8. The lowest BCUT2D eigenvalue weighted by Crippen LogP contribution is -2.38. The lowest BCUT2D eigenvalue weighted by Gasteiger charge is -2.33. The Morgan fingerprint density at radius 2 is 2.08 bits per heavy atom. The second kappa shape index (κ2) is 6.48. The van der Waals surface area contributed by atoms with Gasteiger partial charge in [-0.15, -0.1) is 0 Å². The highest BCUT2D eigenvalue weighted by molar-refractivity contribution is 6.06. The first kappa shape index (κ1) is 16.6. The average Bonchev–Trinajstić information content (AvgIpc) is 3.06. The number of likely N-dealkylation sites (tertiary alicyclic amines) is 1. The third-order valence-electron chi connectivity index (χ3n) is 4.72. The van der Waals surface area contributed by atoms with Gasteiger partial charge in [0.25, 0.3) is 5.91 Å². The van der Waals surface area contributed by atoms with E-state index >= 15 is 0 Å². The number of nitrogens with zero attached hydrogens (tertiary/aromatic N) is 4. The molecule has 0 bridgehead atoms. The quantitative estimate of drug-likeness (QED) is 0.701. The van der Waals surface area contributed by atoms with Gasteiger partial charge in [0, 0.05) is 23.7 Å². The molecule has 1 amide bonds. The number of carbonyl (C=O) groups is 1. The fourth-order valence-corrected chi connectivity index (χ4v) is 3.55. The Labute approximate surface area is 150 Å². The van der Waals surface area contributed by atoms with Crippen molar-refractivity contribution in [3.8, 4) is 0 Å². The van der Waals surface area contributed by atoms with E-state index in [-0.39, 0.29) is 17.8 Å². The molecule has 0 saturated carbocycles. The number of hydrogen-bond acceptors (Lipinski definition) is 5. The average molecular weight is 354 g/mol. The topological polar surface area (TPSA) is 72.1 Å². The monoisotopic (exact) mass is 354 g/mol. The maximum atomic E-state index is 13.6. The lowest BCUT2D eigenvalue weighted by atomic mass is 9.99. The molecule has 0 radical (unpaired) electrons. The van der Waals surface area contributed by atoms with Crippen molar-refractivity contribution in [1.29, 1.82) is 0 Å². The standard InChI is InChI=1S/C19H19FN4O2/c1-11-9-15(14-7-6-13(20)10-16(14)21-11)19(25)24-8-4-3-5-17(24)18-22-12(2)23-26-18/h6-7,9-10,17H,3-5,8H2,1-2H3/t17-/m1/s1. The first-order valence-corrected chi connectivity index (χ1v) is 8.71. The number of pyridine rings is 1. The van der Waals surface area contributed by atoms with Crippen molar-refractivity contribution < 1.29 is 13.7 Å². The molecule has 0 unspecified atom stereocenters. The molecule has 0 N–H and O–H groups in total. The third-order valence-corrected chi connectivity index (χ3v) is 4.72. The molecule has 0 aliphatic carbocycles. The zero-order valence-corrected chi connectivity index (χ0v) is 14.7. The summed E-state index contributed by atoms with van der Waals surface area (Å²) in [5.74, 6) is 0.536. The number of aromatic nitrogens is 3. The normalized spacial score (nSPS) is 17.7. The van der Waals surface area contributed by atoms with Crippen LogP contribution in [0.3, 0.4) is 0 Å². The number of hydrogen-bond donors (Lipinski definition) is 0. The van der Waals surface area contributed by atoms with Gasteiger partial charge >= 0.3 is 0 Å². The van der Waals surface area contributed by atoms with E-state index in [9.17, 15) is 9.18 Å². The molecule has 3 aromatic rings. The molecule has 0 spiro atoms. The van der Waals surface area contributed by atoms with E-state index in [4.69, 9.17) is 4.52 Å². The highest BCUT2D eigenvalue weighted by Crippen LogP contribution is 2.32. The van der Waals surface area contributed by atoms with Crippen LogP contribution in [0.1, 0.15) is 53.1 Å². The Bertz CT molecular complexity index is 980. The van der Waals surface area contributed by atoms with Crippen molar-refractivity contribution in [3.63, 3.8) is 0 Å². The van der Waals surface area contributed by atoms with Crippen LogP contribution in [-0.2, 0) is 0 Å². The van der Waals surface area contributed by atoms with Crippen LogP contribution >= 0.6 is 0 Å². The van der Waals surface area contributed by atoms with E-state index in [1.807, 2.05) is 0 Å². The highest BCUT2D eigenvalue weighted by atomic mass is 19.1. The minimum Gasteiger partial charge on any atom is -0.337 e. The van der Waals surface area contributed by atoms with Crippen LogP contribution in [0.15, 0.2) is 28.8 Å². The lowest BCUT2D eigenvalue weighted by molar-refractivity contribution is 0.0563. The van der Waals surface area contributed by atoms with Crippen molar-refractivity contribution in [2.24, 2.45) is 0 Å². The summed E-state index contributed by atoms with van der Waals surface area (Å²) in [5, 5.41) is 4.50. The second-order valence-electron chi connectivity index (χ2n) is 6.66. The van der Waals surface area contributed by atoms with Crippen LogP contribution in [0.2, 0.25) is 0 Å². The largest absolute Gasteiger partial charge is 0.337 e. The molecule has 1 aliphatic rings. The molecule has 1 fully saturated rings. The SMILES string of the molecule is Cc1cc(C(=O)N2CCCC[C@@H]2c2nc(C)no2)c2ccc(F)cc2n1. The van der Waals surface area contributed by atoms with E-state index in [1.54, 1.807) is 30.9 Å². The fraction of sp³-hybridized carbons (Fsp3) is 0.368. The van der Waals surface area contributed by atoms with Crippen molar-refractivity contribution in [2.45, 2.75) is 39.2 Å². The number of rotatable bonds is 2. The van der Waals surface area contributed by atoms with Gasteiger partial charge in [0.1, 0.15) is 11.9 Å². The Balaban J connectivity index is 1.77. The van der Waals surface area contributed by atoms with Crippen LogP contribution in [-0.4, -0.2) is 32.5 Å². The molecule has 2 aromatic heterocycles. The minimum absolute atomic E-state index is 0.118. The van der Waals surface area contributed by atoms with Crippen molar-refractivity contribution >= 4 is 16.8 Å². The van der Waals surface area contributed by atoms with Gasteiger partial charge in [0.05, 0.1) is 11.1 Å². The van der Waals surface area contributed by atoms with Crippen molar-refractivity contribution in [2.75, 3.05) is 6.54 Å². The summed E-state index contributed by atoms with van der Waals surface area (Å²) in [6, 6.07) is 5.84.